The van der Waals surface area contributed by atoms with Crippen LogP contribution in [-0.4, -0.2) is 46.2 Å². The average molecular weight is 298 g/mol. The molecular weight excluding hydrogens is 283 g/mol. The van der Waals surface area contributed by atoms with Crippen molar-refractivity contribution >= 4 is 23.8 Å². The summed E-state index contributed by atoms with van der Waals surface area (Å²) in [6, 6.07) is 5.17. The first kappa shape index (κ1) is 14.6. The molecule has 0 aromatic heterocycles. The lowest BCUT2D eigenvalue weighted by Gasteiger charge is -2.20. The van der Waals surface area contributed by atoms with Gasteiger partial charge in [-0.25, -0.2) is 14.0 Å². The number of hydrogen-bond acceptors (Lipinski definition) is 3. The number of carbonyl (C=O) groups excluding carboxylic acids is 1. The number of carbonyl (C=O) groups is 2. The highest BCUT2D eigenvalue weighted by molar-refractivity contribution is 7.99. The standard InChI is InChI=1S/C13H15FN2O3S/c14-10-4-2-1-3-9(10)5-6-15-13(19)16-8-20-7-11(16)12(17)18/h1-4,11H,5-8H2,(H,15,19)(H,17,18)/t11-/m0/s1. The van der Waals surface area contributed by atoms with Gasteiger partial charge in [0.25, 0.3) is 0 Å². The van der Waals surface area contributed by atoms with Gasteiger partial charge in [0, 0.05) is 12.3 Å². The molecule has 0 unspecified atom stereocenters. The highest BCUT2D eigenvalue weighted by Crippen LogP contribution is 2.20. The van der Waals surface area contributed by atoms with E-state index in [0.29, 0.717) is 23.6 Å². The fraction of sp³-hybridized carbons (Fsp3) is 0.385. The third-order valence-electron chi connectivity index (χ3n) is 3.06. The first-order chi connectivity index (χ1) is 9.59. The van der Waals surface area contributed by atoms with E-state index < -0.39 is 18.0 Å². The van der Waals surface area contributed by atoms with Crippen molar-refractivity contribution < 1.29 is 19.1 Å². The number of benzene rings is 1. The van der Waals surface area contributed by atoms with Crippen LogP contribution in [0.1, 0.15) is 5.56 Å². The molecule has 1 aliphatic heterocycles. The lowest BCUT2D eigenvalue weighted by atomic mass is 10.1. The fourth-order valence-electron chi connectivity index (χ4n) is 1.95. The van der Waals surface area contributed by atoms with Gasteiger partial charge in [0.05, 0.1) is 5.88 Å². The number of urea groups is 1. The number of carboxylic acids is 1. The fourth-order valence-corrected chi connectivity index (χ4v) is 3.10. The van der Waals surface area contributed by atoms with Gasteiger partial charge in [-0.15, -0.1) is 11.8 Å². The first-order valence-electron chi connectivity index (χ1n) is 6.18. The van der Waals surface area contributed by atoms with Gasteiger partial charge < -0.3 is 15.3 Å². The second-order valence-corrected chi connectivity index (χ2v) is 5.40. The first-order valence-corrected chi connectivity index (χ1v) is 7.33. The van der Waals surface area contributed by atoms with E-state index in [-0.39, 0.29) is 12.4 Å². The second-order valence-electron chi connectivity index (χ2n) is 4.40. The highest BCUT2D eigenvalue weighted by Gasteiger charge is 2.34. The van der Waals surface area contributed by atoms with Gasteiger partial charge in [-0.1, -0.05) is 18.2 Å². The van der Waals surface area contributed by atoms with Crippen molar-refractivity contribution in [2.24, 2.45) is 0 Å². The van der Waals surface area contributed by atoms with Crippen molar-refractivity contribution in [3.8, 4) is 0 Å². The van der Waals surface area contributed by atoms with Crippen LogP contribution in [0.5, 0.6) is 0 Å². The van der Waals surface area contributed by atoms with E-state index in [0.717, 1.165) is 0 Å². The summed E-state index contributed by atoms with van der Waals surface area (Å²) in [5.41, 5.74) is 0.526. The van der Waals surface area contributed by atoms with Gasteiger partial charge in [0.2, 0.25) is 0 Å². The molecule has 1 atom stereocenters. The number of nitrogens with zero attached hydrogens (tertiary/aromatic N) is 1. The smallest absolute Gasteiger partial charge is 0.327 e. The Morgan fingerprint density at radius 1 is 1.45 bits per heavy atom. The van der Waals surface area contributed by atoms with Gasteiger partial charge in [-0.05, 0) is 18.1 Å². The molecule has 2 rings (SSSR count). The maximum absolute atomic E-state index is 13.4. The summed E-state index contributed by atoms with van der Waals surface area (Å²) in [4.78, 5) is 24.1. The molecule has 2 amide bonds. The Balaban J connectivity index is 1.84. The molecule has 0 radical (unpaired) electrons. The maximum Gasteiger partial charge on any atom is 0.327 e. The Morgan fingerprint density at radius 2 is 2.20 bits per heavy atom. The summed E-state index contributed by atoms with van der Waals surface area (Å²) in [5.74, 6) is -0.542. The maximum atomic E-state index is 13.4. The monoisotopic (exact) mass is 298 g/mol. The third kappa shape index (κ3) is 3.41. The van der Waals surface area contributed by atoms with Crippen molar-refractivity contribution in [3.05, 3.63) is 35.6 Å². The van der Waals surface area contributed by atoms with Crippen LogP contribution in [0.3, 0.4) is 0 Å². The summed E-state index contributed by atoms with van der Waals surface area (Å²) < 4.78 is 13.4. The van der Waals surface area contributed by atoms with Crippen LogP contribution in [0.4, 0.5) is 9.18 Å². The SMILES string of the molecule is O=C(O)[C@@H]1CSCN1C(=O)NCCc1ccccc1F. The number of amides is 2. The number of nitrogens with one attached hydrogen (secondary N) is 1. The molecule has 0 spiro atoms. The Bertz CT molecular complexity index is 512. The Kier molecular flexibility index (Phi) is 4.84. The second kappa shape index (κ2) is 6.60. The molecule has 1 aliphatic rings. The van der Waals surface area contributed by atoms with Crippen LogP contribution in [0.25, 0.3) is 0 Å². The molecule has 2 N–H and O–H groups in total. The number of carboxylic acid groups (broad SMARTS) is 1. The minimum atomic E-state index is -1.00. The van der Waals surface area contributed by atoms with E-state index in [1.807, 2.05) is 0 Å². The highest BCUT2D eigenvalue weighted by atomic mass is 32.2. The van der Waals surface area contributed by atoms with Crippen LogP contribution < -0.4 is 5.32 Å². The number of rotatable bonds is 4. The minimum absolute atomic E-state index is 0.271. The topological polar surface area (TPSA) is 69.6 Å². The Labute approximate surface area is 120 Å². The Morgan fingerprint density at radius 3 is 2.90 bits per heavy atom. The van der Waals surface area contributed by atoms with Crippen molar-refractivity contribution in [2.45, 2.75) is 12.5 Å². The molecule has 7 heteroatoms. The van der Waals surface area contributed by atoms with E-state index in [1.54, 1.807) is 18.2 Å². The molecular formula is C13H15FN2O3S. The van der Waals surface area contributed by atoms with Gasteiger partial charge in [-0.2, -0.15) is 0 Å². The Hall–Kier alpha value is -1.76. The molecule has 1 aromatic rings. The summed E-state index contributed by atoms with van der Waals surface area (Å²) in [7, 11) is 0. The predicted octanol–water partition coefficient (Wildman–Crippen LogP) is 1.54. The van der Waals surface area contributed by atoms with Crippen LogP contribution >= 0.6 is 11.8 Å². The molecule has 1 fully saturated rings. The molecule has 0 saturated carbocycles. The molecule has 20 heavy (non-hydrogen) atoms. The number of hydrogen-bond donors (Lipinski definition) is 2. The summed E-state index contributed by atoms with van der Waals surface area (Å²) in [6.07, 6.45) is 0.372. The van der Waals surface area contributed by atoms with E-state index in [1.165, 1.54) is 22.7 Å². The zero-order chi connectivity index (χ0) is 14.5. The van der Waals surface area contributed by atoms with Gasteiger partial charge in [0.1, 0.15) is 11.9 Å². The van der Waals surface area contributed by atoms with Crippen LogP contribution in [0, 0.1) is 5.82 Å². The van der Waals surface area contributed by atoms with Crippen LogP contribution in [0.2, 0.25) is 0 Å². The zero-order valence-corrected chi connectivity index (χ0v) is 11.5. The van der Waals surface area contributed by atoms with Crippen molar-refractivity contribution in [1.82, 2.24) is 10.2 Å². The average Bonchev–Trinajstić information content (AvgIpc) is 2.90. The number of aliphatic carboxylic acids is 1. The van der Waals surface area contributed by atoms with Crippen LogP contribution in [-0.2, 0) is 11.2 Å². The zero-order valence-electron chi connectivity index (χ0n) is 10.7. The molecule has 108 valence electrons. The van der Waals surface area contributed by atoms with Gasteiger partial charge in [0.15, 0.2) is 0 Å². The number of halogens is 1. The van der Waals surface area contributed by atoms with Crippen LogP contribution in [0.15, 0.2) is 24.3 Å². The molecule has 1 saturated heterocycles. The summed E-state index contributed by atoms with van der Waals surface area (Å²) in [5, 5.41) is 11.6. The van der Waals surface area contributed by atoms with Crippen molar-refractivity contribution in [3.63, 3.8) is 0 Å². The summed E-state index contributed by atoms with van der Waals surface area (Å²) in [6.45, 7) is 0.271. The lowest BCUT2D eigenvalue weighted by Crippen LogP contribution is -2.47. The van der Waals surface area contributed by atoms with Gasteiger partial charge >= 0.3 is 12.0 Å². The van der Waals surface area contributed by atoms with E-state index in [2.05, 4.69) is 5.32 Å². The van der Waals surface area contributed by atoms with E-state index in [4.69, 9.17) is 5.11 Å². The quantitative estimate of drug-likeness (QED) is 0.884. The molecule has 5 nitrogen and oxygen atoms in total. The molecule has 1 aromatic carbocycles. The lowest BCUT2D eigenvalue weighted by molar-refractivity contribution is -0.140. The predicted molar refractivity (Wildman–Crippen MR) is 74.1 cm³/mol. The van der Waals surface area contributed by atoms with Crippen molar-refractivity contribution in [2.75, 3.05) is 18.2 Å². The largest absolute Gasteiger partial charge is 0.480 e. The van der Waals surface area contributed by atoms with Crippen molar-refractivity contribution in [1.29, 1.82) is 0 Å². The summed E-state index contributed by atoms with van der Waals surface area (Å²) >= 11 is 1.40. The molecule has 0 bridgehead atoms. The van der Waals surface area contributed by atoms with E-state index in [9.17, 15) is 14.0 Å². The van der Waals surface area contributed by atoms with Gasteiger partial charge in [-0.3, -0.25) is 0 Å². The minimum Gasteiger partial charge on any atom is -0.480 e. The molecule has 0 aliphatic carbocycles. The molecule has 1 heterocycles. The normalized spacial score (nSPS) is 18.1. The number of thioether (sulfide) groups is 1. The van der Waals surface area contributed by atoms with E-state index >= 15 is 0 Å². The third-order valence-corrected chi connectivity index (χ3v) is 4.07.